The highest BCUT2D eigenvalue weighted by Crippen LogP contribution is 2.31. The lowest BCUT2D eigenvalue weighted by molar-refractivity contribution is -0.116. The zero-order chi connectivity index (χ0) is 20.8. The standard InChI is InChI=1S/C23H29N3O4/c1-25(17-18-2-7-21-22(16-18)30-15-14-29-21)9-8-23(27)24-19-3-5-20(6-4-19)26-10-12-28-13-11-26/h2-7,16H,8-15,17H2,1H3,(H,24,27). The molecule has 7 heteroatoms. The molecule has 0 spiro atoms. The maximum absolute atomic E-state index is 12.3. The number of anilines is 2. The van der Waals surface area contributed by atoms with Gasteiger partial charge in [0.1, 0.15) is 13.2 Å². The molecule has 1 fully saturated rings. The van der Waals surface area contributed by atoms with Crippen molar-refractivity contribution in [1.29, 1.82) is 0 Å². The number of hydrogen-bond donors (Lipinski definition) is 1. The summed E-state index contributed by atoms with van der Waals surface area (Å²) >= 11 is 0. The average molecular weight is 412 g/mol. The number of rotatable bonds is 7. The first-order valence-electron chi connectivity index (χ1n) is 10.5. The molecule has 0 atom stereocenters. The van der Waals surface area contributed by atoms with Crippen molar-refractivity contribution in [2.24, 2.45) is 0 Å². The molecule has 4 rings (SSSR count). The molecule has 0 aromatic heterocycles. The molecule has 0 radical (unpaired) electrons. The van der Waals surface area contributed by atoms with Gasteiger partial charge in [-0.3, -0.25) is 4.79 Å². The van der Waals surface area contributed by atoms with E-state index in [1.54, 1.807) is 0 Å². The van der Waals surface area contributed by atoms with Gasteiger partial charge in [0.2, 0.25) is 5.91 Å². The van der Waals surface area contributed by atoms with Crippen LogP contribution >= 0.6 is 0 Å². The van der Waals surface area contributed by atoms with Crippen LogP contribution in [0.5, 0.6) is 11.5 Å². The minimum atomic E-state index is 0.0168. The third kappa shape index (κ3) is 5.43. The lowest BCUT2D eigenvalue weighted by Gasteiger charge is -2.28. The van der Waals surface area contributed by atoms with E-state index >= 15 is 0 Å². The zero-order valence-electron chi connectivity index (χ0n) is 17.4. The van der Waals surface area contributed by atoms with Crippen molar-refractivity contribution in [2.75, 3.05) is 63.3 Å². The second-order valence-electron chi connectivity index (χ2n) is 7.66. The van der Waals surface area contributed by atoms with E-state index in [1.807, 2.05) is 37.4 Å². The maximum Gasteiger partial charge on any atom is 0.225 e. The lowest BCUT2D eigenvalue weighted by Crippen LogP contribution is -2.36. The second kappa shape index (κ2) is 9.82. The van der Waals surface area contributed by atoms with Crippen LogP contribution in [0, 0.1) is 0 Å². The summed E-state index contributed by atoms with van der Waals surface area (Å²) in [5, 5.41) is 2.99. The highest BCUT2D eigenvalue weighted by atomic mass is 16.6. The molecule has 1 saturated heterocycles. The Morgan fingerprint density at radius 2 is 1.73 bits per heavy atom. The summed E-state index contributed by atoms with van der Waals surface area (Å²) in [5.41, 5.74) is 3.13. The molecule has 2 aromatic rings. The Hall–Kier alpha value is -2.77. The molecule has 0 unspecified atom stereocenters. The molecule has 2 aliphatic rings. The summed E-state index contributed by atoms with van der Waals surface area (Å²) in [4.78, 5) is 16.8. The van der Waals surface area contributed by atoms with Crippen LogP contribution in [0.3, 0.4) is 0 Å². The Labute approximate surface area is 177 Å². The van der Waals surface area contributed by atoms with Crippen molar-refractivity contribution in [3.8, 4) is 11.5 Å². The van der Waals surface area contributed by atoms with Gasteiger partial charge in [-0.15, -0.1) is 0 Å². The minimum absolute atomic E-state index is 0.0168. The van der Waals surface area contributed by atoms with Crippen LogP contribution in [0.15, 0.2) is 42.5 Å². The number of morpholine rings is 1. The predicted octanol–water partition coefficient (Wildman–Crippen LogP) is 2.76. The monoisotopic (exact) mass is 411 g/mol. The number of benzene rings is 2. The van der Waals surface area contributed by atoms with E-state index in [-0.39, 0.29) is 5.91 Å². The molecule has 1 amide bonds. The highest BCUT2D eigenvalue weighted by molar-refractivity contribution is 5.91. The summed E-state index contributed by atoms with van der Waals surface area (Å²) in [7, 11) is 2.02. The third-order valence-corrected chi connectivity index (χ3v) is 5.31. The van der Waals surface area contributed by atoms with E-state index in [1.165, 1.54) is 0 Å². The number of ether oxygens (including phenoxy) is 3. The third-order valence-electron chi connectivity index (χ3n) is 5.31. The van der Waals surface area contributed by atoms with Gasteiger partial charge < -0.3 is 29.3 Å². The molecule has 160 valence electrons. The van der Waals surface area contributed by atoms with Gasteiger partial charge in [-0.05, 0) is 49.0 Å². The maximum atomic E-state index is 12.3. The van der Waals surface area contributed by atoms with Gasteiger partial charge in [-0.25, -0.2) is 0 Å². The van der Waals surface area contributed by atoms with Crippen molar-refractivity contribution < 1.29 is 19.0 Å². The lowest BCUT2D eigenvalue weighted by atomic mass is 10.2. The van der Waals surface area contributed by atoms with Crippen molar-refractivity contribution in [2.45, 2.75) is 13.0 Å². The molecular formula is C23H29N3O4. The number of carbonyl (C=O) groups excluding carboxylic acids is 1. The molecule has 0 aliphatic carbocycles. The first-order chi connectivity index (χ1) is 14.7. The number of amides is 1. The first kappa shape index (κ1) is 20.5. The first-order valence-corrected chi connectivity index (χ1v) is 10.5. The summed E-state index contributed by atoms with van der Waals surface area (Å²) in [5.74, 6) is 1.61. The van der Waals surface area contributed by atoms with Crippen LogP contribution in [0.25, 0.3) is 0 Å². The zero-order valence-corrected chi connectivity index (χ0v) is 17.4. The van der Waals surface area contributed by atoms with Crippen molar-refractivity contribution >= 4 is 17.3 Å². The Morgan fingerprint density at radius 3 is 2.50 bits per heavy atom. The minimum Gasteiger partial charge on any atom is -0.486 e. The molecule has 30 heavy (non-hydrogen) atoms. The molecule has 2 aromatic carbocycles. The van der Waals surface area contributed by atoms with Crippen molar-refractivity contribution in [3.63, 3.8) is 0 Å². The quantitative estimate of drug-likeness (QED) is 0.756. The van der Waals surface area contributed by atoms with Crippen molar-refractivity contribution in [1.82, 2.24) is 4.90 Å². The Morgan fingerprint density at radius 1 is 1.00 bits per heavy atom. The number of hydrogen-bond acceptors (Lipinski definition) is 6. The summed E-state index contributed by atoms with van der Waals surface area (Å²) in [6.45, 7) is 5.93. The van der Waals surface area contributed by atoms with Crippen LogP contribution in [0.4, 0.5) is 11.4 Å². The summed E-state index contributed by atoms with van der Waals surface area (Å²) in [6, 6.07) is 14.0. The van der Waals surface area contributed by atoms with Gasteiger partial charge in [-0.2, -0.15) is 0 Å². The van der Waals surface area contributed by atoms with E-state index in [9.17, 15) is 4.79 Å². The Kier molecular flexibility index (Phi) is 6.71. The molecule has 1 N–H and O–H groups in total. The fraction of sp³-hybridized carbons (Fsp3) is 0.435. The molecule has 0 bridgehead atoms. The number of nitrogens with one attached hydrogen (secondary N) is 1. The van der Waals surface area contributed by atoms with Crippen LogP contribution in [0.1, 0.15) is 12.0 Å². The van der Waals surface area contributed by atoms with Crippen molar-refractivity contribution in [3.05, 3.63) is 48.0 Å². The fourth-order valence-electron chi connectivity index (χ4n) is 3.67. The van der Waals surface area contributed by atoms with Gasteiger partial charge in [0.15, 0.2) is 11.5 Å². The molecule has 0 saturated carbocycles. The van der Waals surface area contributed by atoms with E-state index in [0.717, 1.165) is 61.3 Å². The van der Waals surface area contributed by atoms with Crippen LogP contribution < -0.4 is 19.7 Å². The van der Waals surface area contributed by atoms with Gasteiger partial charge in [0.25, 0.3) is 0 Å². The number of nitrogens with zero attached hydrogens (tertiary/aromatic N) is 2. The van der Waals surface area contributed by atoms with E-state index in [0.29, 0.717) is 26.2 Å². The SMILES string of the molecule is CN(CCC(=O)Nc1ccc(N2CCOCC2)cc1)Cc1ccc2c(c1)OCCO2. The average Bonchev–Trinajstić information content (AvgIpc) is 2.79. The Balaban J connectivity index is 1.22. The molecule has 2 aliphatic heterocycles. The van der Waals surface area contributed by atoms with Gasteiger partial charge >= 0.3 is 0 Å². The fourth-order valence-corrected chi connectivity index (χ4v) is 3.67. The van der Waals surface area contributed by atoms with Crippen LogP contribution in [-0.2, 0) is 16.1 Å². The van der Waals surface area contributed by atoms with Crippen LogP contribution in [0.2, 0.25) is 0 Å². The van der Waals surface area contributed by atoms with Crippen LogP contribution in [-0.4, -0.2) is 63.9 Å². The van der Waals surface area contributed by atoms with E-state index in [4.69, 9.17) is 14.2 Å². The predicted molar refractivity (Wildman–Crippen MR) is 116 cm³/mol. The second-order valence-corrected chi connectivity index (χ2v) is 7.66. The van der Waals surface area contributed by atoms with E-state index < -0.39 is 0 Å². The van der Waals surface area contributed by atoms with Gasteiger partial charge in [-0.1, -0.05) is 6.07 Å². The van der Waals surface area contributed by atoms with Gasteiger partial charge in [0.05, 0.1) is 13.2 Å². The molecule has 7 nitrogen and oxygen atoms in total. The number of carbonyl (C=O) groups is 1. The molecule has 2 heterocycles. The smallest absolute Gasteiger partial charge is 0.225 e. The highest BCUT2D eigenvalue weighted by Gasteiger charge is 2.14. The van der Waals surface area contributed by atoms with E-state index in [2.05, 4.69) is 27.2 Å². The molecular weight excluding hydrogens is 382 g/mol. The Bertz CT molecular complexity index is 850. The number of fused-ring (bicyclic) bond motifs is 1. The topological polar surface area (TPSA) is 63.3 Å². The largest absolute Gasteiger partial charge is 0.486 e. The summed E-state index contributed by atoms with van der Waals surface area (Å²) in [6.07, 6.45) is 0.437. The summed E-state index contributed by atoms with van der Waals surface area (Å²) < 4.78 is 16.6. The normalized spacial score (nSPS) is 15.9. The van der Waals surface area contributed by atoms with Gasteiger partial charge in [0, 0.05) is 44.0 Å².